The molecular weight excluding hydrogens is 422 g/mol. The third kappa shape index (κ3) is 3.83. The Hall–Kier alpha value is -2.52. The van der Waals surface area contributed by atoms with Crippen LogP contribution in [0.3, 0.4) is 0 Å². The summed E-state index contributed by atoms with van der Waals surface area (Å²) in [5.41, 5.74) is 7.03. The predicted octanol–water partition coefficient (Wildman–Crippen LogP) is 3.38. The lowest BCUT2D eigenvalue weighted by Gasteiger charge is -2.11. The summed E-state index contributed by atoms with van der Waals surface area (Å²) in [6.07, 6.45) is 3.15. The van der Waals surface area contributed by atoms with Crippen molar-refractivity contribution in [2.75, 3.05) is 12.8 Å². The Morgan fingerprint density at radius 3 is 2.81 bits per heavy atom. The lowest BCUT2D eigenvalue weighted by atomic mass is 10.2. The fraction of sp³-hybridized carbons (Fsp3) is 0.118. The summed E-state index contributed by atoms with van der Waals surface area (Å²) in [4.78, 5) is 28.9. The van der Waals surface area contributed by atoms with Gasteiger partial charge >= 0.3 is 0 Å². The number of anilines is 1. The highest BCUT2D eigenvalue weighted by Crippen LogP contribution is 2.37. The van der Waals surface area contributed by atoms with E-state index in [1.165, 1.54) is 13.1 Å². The van der Waals surface area contributed by atoms with Crippen molar-refractivity contribution in [2.24, 2.45) is 0 Å². The van der Waals surface area contributed by atoms with Gasteiger partial charge in [-0.2, -0.15) is 0 Å². The number of hydrogen-bond acceptors (Lipinski definition) is 7. The molecule has 3 N–H and O–H groups in total. The molecule has 1 aromatic heterocycles. The summed E-state index contributed by atoms with van der Waals surface area (Å²) in [5, 5.41) is 9.77. The first kappa shape index (κ1) is 18.3. The number of pyridine rings is 1. The monoisotopic (exact) mass is 435 g/mol. The van der Waals surface area contributed by atoms with Gasteiger partial charge in [0.05, 0.1) is 4.91 Å². The van der Waals surface area contributed by atoms with Gasteiger partial charge in [0.2, 0.25) is 0 Å². The number of halogens is 1. The van der Waals surface area contributed by atoms with Crippen LogP contribution in [0.25, 0.3) is 6.08 Å². The minimum atomic E-state index is -0.366. The maximum absolute atomic E-state index is 12.0. The highest BCUT2D eigenvalue weighted by atomic mass is 79.9. The SMILES string of the molecule is CN1C(=O)S/C(=C\c2cc(OCc3ccnc(N)c3)c(O)cc2Br)C1=O. The van der Waals surface area contributed by atoms with Gasteiger partial charge < -0.3 is 15.6 Å². The van der Waals surface area contributed by atoms with Gasteiger partial charge in [0.1, 0.15) is 12.4 Å². The average Bonchev–Trinajstić information content (AvgIpc) is 2.83. The number of aromatic hydroxyl groups is 1. The van der Waals surface area contributed by atoms with E-state index < -0.39 is 0 Å². The number of nitrogens with two attached hydrogens (primary N) is 1. The van der Waals surface area contributed by atoms with Gasteiger partial charge in [-0.25, -0.2) is 4.98 Å². The third-order valence-corrected chi connectivity index (χ3v) is 5.24. The molecule has 2 amide bonds. The molecule has 0 radical (unpaired) electrons. The first-order valence-electron chi connectivity index (χ1n) is 7.42. The van der Waals surface area contributed by atoms with E-state index in [1.54, 1.807) is 30.5 Å². The van der Waals surface area contributed by atoms with Gasteiger partial charge in [-0.05, 0) is 53.2 Å². The van der Waals surface area contributed by atoms with Gasteiger partial charge in [0.15, 0.2) is 11.5 Å². The lowest BCUT2D eigenvalue weighted by molar-refractivity contribution is -0.121. The van der Waals surface area contributed by atoms with E-state index in [-0.39, 0.29) is 29.3 Å². The number of aromatic nitrogens is 1. The molecule has 2 heterocycles. The molecule has 0 aliphatic carbocycles. The number of phenols is 1. The van der Waals surface area contributed by atoms with Crippen molar-refractivity contribution in [2.45, 2.75) is 6.61 Å². The standard InChI is InChI=1S/C17H14BrN3O4S/c1-21-16(23)14(26-17(21)24)6-10-5-13(12(22)7-11(10)18)25-8-9-2-3-20-15(19)4-9/h2-7,22H,8H2,1H3,(H2,19,20)/b14-6-. The van der Waals surface area contributed by atoms with Crippen molar-refractivity contribution in [1.29, 1.82) is 0 Å². The van der Waals surface area contributed by atoms with E-state index in [1.807, 2.05) is 0 Å². The fourth-order valence-corrected chi connectivity index (χ4v) is 3.48. The second-order valence-electron chi connectivity index (χ2n) is 5.46. The maximum atomic E-state index is 12.0. The molecule has 0 unspecified atom stereocenters. The maximum Gasteiger partial charge on any atom is 0.293 e. The Bertz CT molecular complexity index is 932. The zero-order valence-electron chi connectivity index (χ0n) is 13.6. The van der Waals surface area contributed by atoms with Crippen LogP contribution in [-0.2, 0) is 11.4 Å². The molecule has 7 nitrogen and oxygen atoms in total. The van der Waals surface area contributed by atoms with Gasteiger partial charge in [-0.15, -0.1) is 0 Å². The second-order valence-corrected chi connectivity index (χ2v) is 7.31. The van der Waals surface area contributed by atoms with Gasteiger partial charge in [0.25, 0.3) is 11.1 Å². The number of phenolic OH excluding ortho intramolecular Hbond substituents is 1. The Kier molecular flexibility index (Phi) is 5.19. The summed E-state index contributed by atoms with van der Waals surface area (Å²) in [7, 11) is 1.43. The molecule has 1 aromatic carbocycles. The number of benzene rings is 1. The van der Waals surface area contributed by atoms with Crippen molar-refractivity contribution < 1.29 is 19.4 Å². The number of nitrogen functional groups attached to an aromatic ring is 1. The molecule has 1 aliphatic heterocycles. The summed E-state index contributed by atoms with van der Waals surface area (Å²) in [6.45, 7) is 0.187. The van der Waals surface area contributed by atoms with E-state index >= 15 is 0 Å². The molecule has 0 spiro atoms. The molecule has 1 saturated heterocycles. The number of likely N-dealkylation sites (N-methyl/N-ethyl adjacent to an activating group) is 1. The molecule has 1 aliphatic rings. The second kappa shape index (κ2) is 7.38. The fourth-order valence-electron chi connectivity index (χ4n) is 2.22. The first-order valence-corrected chi connectivity index (χ1v) is 9.03. The molecule has 1 fully saturated rings. The molecule has 0 bridgehead atoms. The molecule has 3 rings (SSSR count). The quantitative estimate of drug-likeness (QED) is 0.708. The lowest BCUT2D eigenvalue weighted by Crippen LogP contribution is -2.22. The van der Waals surface area contributed by atoms with Crippen LogP contribution in [0.15, 0.2) is 39.8 Å². The number of nitrogens with zero attached hydrogens (tertiary/aromatic N) is 2. The van der Waals surface area contributed by atoms with Crippen LogP contribution in [0.4, 0.5) is 10.6 Å². The number of hydrogen-bond donors (Lipinski definition) is 2. The zero-order valence-corrected chi connectivity index (χ0v) is 16.0. The highest BCUT2D eigenvalue weighted by molar-refractivity contribution is 9.10. The topological polar surface area (TPSA) is 106 Å². The van der Waals surface area contributed by atoms with Crippen molar-refractivity contribution in [3.05, 3.63) is 51.0 Å². The Balaban J connectivity index is 1.85. The van der Waals surface area contributed by atoms with Crippen molar-refractivity contribution in [3.8, 4) is 11.5 Å². The summed E-state index contributed by atoms with van der Waals surface area (Å²) in [6, 6.07) is 6.49. The van der Waals surface area contributed by atoms with E-state index in [4.69, 9.17) is 10.5 Å². The minimum Gasteiger partial charge on any atom is -0.504 e. The van der Waals surface area contributed by atoms with Crippen molar-refractivity contribution >= 4 is 50.7 Å². The normalized spacial score (nSPS) is 15.8. The Morgan fingerprint density at radius 1 is 1.38 bits per heavy atom. The molecule has 2 aromatic rings. The van der Waals surface area contributed by atoms with Crippen LogP contribution in [-0.4, -0.2) is 33.2 Å². The summed E-state index contributed by atoms with van der Waals surface area (Å²) < 4.78 is 6.22. The van der Waals surface area contributed by atoms with Gasteiger partial charge in [0, 0.05) is 17.7 Å². The Labute approximate surface area is 162 Å². The van der Waals surface area contributed by atoms with Crippen molar-refractivity contribution in [3.63, 3.8) is 0 Å². The van der Waals surface area contributed by atoms with Crippen molar-refractivity contribution in [1.82, 2.24) is 9.88 Å². The number of ether oxygens (including phenoxy) is 1. The van der Waals surface area contributed by atoms with Crippen LogP contribution in [0.5, 0.6) is 11.5 Å². The molecule has 0 saturated carbocycles. The largest absolute Gasteiger partial charge is 0.504 e. The average molecular weight is 436 g/mol. The zero-order chi connectivity index (χ0) is 18.8. The van der Waals surface area contributed by atoms with E-state index in [0.29, 0.717) is 20.8 Å². The first-order chi connectivity index (χ1) is 12.3. The van der Waals surface area contributed by atoms with E-state index in [2.05, 4.69) is 20.9 Å². The Morgan fingerprint density at radius 2 is 2.15 bits per heavy atom. The number of carbonyl (C=O) groups excluding carboxylic acids is 2. The number of imide groups is 1. The number of amides is 2. The van der Waals surface area contributed by atoms with Gasteiger partial charge in [-0.3, -0.25) is 14.5 Å². The predicted molar refractivity (Wildman–Crippen MR) is 103 cm³/mol. The number of carbonyl (C=O) groups is 2. The molecule has 134 valence electrons. The summed E-state index contributed by atoms with van der Waals surface area (Å²) in [5.74, 6) is 0.196. The van der Waals surface area contributed by atoms with E-state index in [0.717, 1.165) is 22.2 Å². The van der Waals surface area contributed by atoms with Crippen LogP contribution >= 0.6 is 27.7 Å². The molecular formula is C17H14BrN3O4S. The highest BCUT2D eigenvalue weighted by Gasteiger charge is 2.32. The van der Waals surface area contributed by atoms with Crippen LogP contribution in [0, 0.1) is 0 Å². The molecule has 26 heavy (non-hydrogen) atoms. The minimum absolute atomic E-state index is 0.0559. The number of rotatable bonds is 4. The molecule has 0 atom stereocenters. The van der Waals surface area contributed by atoms with Crippen LogP contribution in [0.2, 0.25) is 0 Å². The molecule has 9 heteroatoms. The summed E-state index contributed by atoms with van der Waals surface area (Å²) >= 11 is 4.20. The van der Waals surface area contributed by atoms with Gasteiger partial charge in [-0.1, -0.05) is 15.9 Å². The smallest absolute Gasteiger partial charge is 0.293 e. The van der Waals surface area contributed by atoms with Crippen LogP contribution < -0.4 is 10.5 Å². The van der Waals surface area contributed by atoms with E-state index in [9.17, 15) is 14.7 Å². The third-order valence-electron chi connectivity index (χ3n) is 3.59. The number of thioether (sulfide) groups is 1. The van der Waals surface area contributed by atoms with Crippen LogP contribution in [0.1, 0.15) is 11.1 Å².